The average Bonchev–Trinajstić information content (AvgIpc) is 3.01. The molecule has 2 aromatic heterocycles. The summed E-state index contributed by atoms with van der Waals surface area (Å²) in [5.41, 5.74) is 1.07. The molecule has 18 heavy (non-hydrogen) atoms. The minimum absolute atomic E-state index is 0.395. The summed E-state index contributed by atoms with van der Waals surface area (Å²) in [6, 6.07) is 4.72. The molecule has 2 heterocycles. The Morgan fingerprint density at radius 2 is 2.33 bits per heavy atom. The smallest absolute Gasteiger partial charge is 0.0772 e. The van der Waals surface area contributed by atoms with Gasteiger partial charge in [0.15, 0.2) is 0 Å². The molecule has 0 radical (unpaired) electrons. The molecule has 1 unspecified atom stereocenters. The molecule has 0 aliphatic heterocycles. The van der Waals surface area contributed by atoms with Crippen LogP contribution in [0.15, 0.2) is 17.5 Å². The van der Waals surface area contributed by atoms with Gasteiger partial charge in [0, 0.05) is 10.9 Å². The molecular formula is C13H19N3S2. The third kappa shape index (κ3) is 3.60. The Kier molecular flexibility index (Phi) is 5.28. The molecule has 0 bridgehead atoms. The van der Waals surface area contributed by atoms with Gasteiger partial charge < -0.3 is 5.32 Å². The number of aryl methyl sites for hydroxylation is 2. The van der Waals surface area contributed by atoms with E-state index in [0.29, 0.717) is 6.04 Å². The first-order valence-corrected chi connectivity index (χ1v) is 8.01. The zero-order valence-corrected chi connectivity index (χ0v) is 12.5. The van der Waals surface area contributed by atoms with Crippen molar-refractivity contribution in [3.8, 4) is 0 Å². The largest absolute Gasteiger partial charge is 0.309 e. The van der Waals surface area contributed by atoms with Crippen molar-refractivity contribution in [2.75, 3.05) is 6.54 Å². The summed E-state index contributed by atoms with van der Waals surface area (Å²) in [4.78, 5) is 2.74. The third-order valence-corrected chi connectivity index (χ3v) is 4.78. The monoisotopic (exact) mass is 281 g/mol. The lowest BCUT2D eigenvalue weighted by atomic mass is 10.1. The molecule has 0 aromatic carbocycles. The Labute approximate surface area is 116 Å². The molecule has 0 amide bonds. The van der Waals surface area contributed by atoms with E-state index >= 15 is 0 Å². The van der Waals surface area contributed by atoms with Crippen LogP contribution < -0.4 is 5.32 Å². The van der Waals surface area contributed by atoms with Crippen molar-refractivity contribution in [3.05, 3.63) is 33.0 Å². The van der Waals surface area contributed by atoms with E-state index in [9.17, 15) is 0 Å². The predicted molar refractivity (Wildman–Crippen MR) is 78.3 cm³/mol. The highest BCUT2D eigenvalue weighted by Gasteiger charge is 2.16. The molecule has 0 aliphatic carbocycles. The standard InChI is InChI=1S/C13H19N3S2/c1-3-8-14-12(13-10(2)15-16-18-13)7-6-11-5-4-9-17-11/h4-5,9,12,14H,3,6-8H2,1-2H3. The van der Waals surface area contributed by atoms with Crippen LogP contribution in [0, 0.1) is 6.92 Å². The molecule has 5 heteroatoms. The summed E-state index contributed by atoms with van der Waals surface area (Å²) >= 11 is 3.36. The van der Waals surface area contributed by atoms with Crippen molar-refractivity contribution in [3.63, 3.8) is 0 Å². The molecule has 1 N–H and O–H groups in total. The first-order valence-electron chi connectivity index (χ1n) is 6.36. The van der Waals surface area contributed by atoms with Crippen LogP contribution in [0.5, 0.6) is 0 Å². The van der Waals surface area contributed by atoms with Gasteiger partial charge in [-0.1, -0.05) is 17.5 Å². The Balaban J connectivity index is 1.99. The lowest BCUT2D eigenvalue weighted by molar-refractivity contribution is 0.505. The minimum Gasteiger partial charge on any atom is -0.309 e. The molecule has 0 aliphatic rings. The fraction of sp³-hybridized carbons (Fsp3) is 0.538. The van der Waals surface area contributed by atoms with Crippen LogP contribution in [-0.2, 0) is 6.42 Å². The predicted octanol–water partition coefficient (Wildman–Crippen LogP) is 3.58. The van der Waals surface area contributed by atoms with Gasteiger partial charge in [-0.3, -0.25) is 0 Å². The number of hydrogen-bond donors (Lipinski definition) is 1. The molecule has 1 atom stereocenters. The Bertz CT molecular complexity index is 451. The lowest BCUT2D eigenvalue weighted by Crippen LogP contribution is -2.22. The van der Waals surface area contributed by atoms with E-state index in [0.717, 1.165) is 31.5 Å². The first-order chi connectivity index (χ1) is 8.81. The van der Waals surface area contributed by atoms with Crippen molar-refractivity contribution in [2.24, 2.45) is 0 Å². The van der Waals surface area contributed by atoms with Crippen molar-refractivity contribution >= 4 is 22.9 Å². The fourth-order valence-electron chi connectivity index (χ4n) is 1.94. The molecule has 0 fully saturated rings. The quantitative estimate of drug-likeness (QED) is 0.843. The van der Waals surface area contributed by atoms with Crippen LogP contribution in [0.1, 0.15) is 41.3 Å². The minimum atomic E-state index is 0.395. The number of rotatable bonds is 7. The van der Waals surface area contributed by atoms with Crippen LogP contribution >= 0.6 is 22.9 Å². The summed E-state index contributed by atoms with van der Waals surface area (Å²) < 4.78 is 4.05. The summed E-state index contributed by atoms with van der Waals surface area (Å²) in [6.07, 6.45) is 3.39. The highest BCUT2D eigenvalue weighted by molar-refractivity contribution is 7.09. The Hall–Kier alpha value is -0.780. The van der Waals surface area contributed by atoms with E-state index in [4.69, 9.17) is 0 Å². The molecule has 0 saturated heterocycles. The van der Waals surface area contributed by atoms with Gasteiger partial charge >= 0.3 is 0 Å². The Morgan fingerprint density at radius 1 is 1.44 bits per heavy atom. The van der Waals surface area contributed by atoms with E-state index in [2.05, 4.69) is 39.3 Å². The van der Waals surface area contributed by atoms with Gasteiger partial charge in [0.1, 0.15) is 0 Å². The number of thiophene rings is 1. The van der Waals surface area contributed by atoms with Crippen molar-refractivity contribution in [1.29, 1.82) is 0 Å². The first kappa shape index (κ1) is 13.6. The number of nitrogens with one attached hydrogen (secondary N) is 1. The number of aromatic nitrogens is 2. The van der Waals surface area contributed by atoms with Crippen molar-refractivity contribution < 1.29 is 0 Å². The number of hydrogen-bond acceptors (Lipinski definition) is 5. The molecule has 2 aromatic rings. The molecule has 2 rings (SSSR count). The van der Waals surface area contributed by atoms with Crippen molar-refractivity contribution in [1.82, 2.24) is 14.9 Å². The second-order valence-corrected chi connectivity index (χ2v) is 6.17. The lowest BCUT2D eigenvalue weighted by Gasteiger charge is -2.16. The van der Waals surface area contributed by atoms with Crippen LogP contribution in [0.4, 0.5) is 0 Å². The summed E-state index contributed by atoms with van der Waals surface area (Å²) in [5, 5.41) is 9.87. The van der Waals surface area contributed by atoms with Crippen LogP contribution in [0.25, 0.3) is 0 Å². The van der Waals surface area contributed by atoms with Gasteiger partial charge in [-0.2, -0.15) is 0 Å². The highest BCUT2D eigenvalue weighted by atomic mass is 32.1. The van der Waals surface area contributed by atoms with Crippen LogP contribution in [0.3, 0.4) is 0 Å². The van der Waals surface area contributed by atoms with Crippen LogP contribution in [-0.4, -0.2) is 16.1 Å². The molecular weight excluding hydrogens is 262 g/mol. The zero-order chi connectivity index (χ0) is 12.8. The maximum Gasteiger partial charge on any atom is 0.0772 e. The van der Waals surface area contributed by atoms with Crippen LogP contribution in [0.2, 0.25) is 0 Å². The summed E-state index contributed by atoms with van der Waals surface area (Å²) in [5.74, 6) is 0. The van der Waals surface area contributed by atoms with E-state index in [-0.39, 0.29) is 0 Å². The average molecular weight is 281 g/mol. The van der Waals surface area contributed by atoms with E-state index in [1.165, 1.54) is 21.3 Å². The maximum absolute atomic E-state index is 4.12. The van der Waals surface area contributed by atoms with E-state index < -0.39 is 0 Å². The molecule has 3 nitrogen and oxygen atoms in total. The van der Waals surface area contributed by atoms with Gasteiger partial charge in [-0.25, -0.2) is 0 Å². The fourth-order valence-corrected chi connectivity index (χ4v) is 3.42. The summed E-state index contributed by atoms with van der Waals surface area (Å²) in [7, 11) is 0. The van der Waals surface area contributed by atoms with Gasteiger partial charge in [-0.05, 0) is 55.7 Å². The molecule has 0 saturated carbocycles. The zero-order valence-electron chi connectivity index (χ0n) is 10.8. The van der Waals surface area contributed by atoms with Gasteiger partial charge in [0.05, 0.1) is 10.6 Å². The highest BCUT2D eigenvalue weighted by Crippen LogP contribution is 2.25. The second-order valence-electron chi connectivity index (χ2n) is 4.35. The van der Waals surface area contributed by atoms with E-state index in [1.54, 1.807) is 0 Å². The third-order valence-electron chi connectivity index (χ3n) is 2.90. The normalized spacial score (nSPS) is 12.8. The van der Waals surface area contributed by atoms with Gasteiger partial charge in [-0.15, -0.1) is 16.4 Å². The van der Waals surface area contributed by atoms with Crippen molar-refractivity contribution in [2.45, 2.75) is 39.2 Å². The van der Waals surface area contributed by atoms with Gasteiger partial charge in [0.2, 0.25) is 0 Å². The number of nitrogens with zero attached hydrogens (tertiary/aromatic N) is 2. The second kappa shape index (κ2) is 6.97. The van der Waals surface area contributed by atoms with Gasteiger partial charge in [0.25, 0.3) is 0 Å². The maximum atomic E-state index is 4.12. The Morgan fingerprint density at radius 3 is 2.94 bits per heavy atom. The topological polar surface area (TPSA) is 37.8 Å². The SMILES string of the molecule is CCCNC(CCc1cccs1)c1snnc1C. The van der Waals surface area contributed by atoms with E-state index in [1.807, 2.05) is 18.3 Å². The molecule has 98 valence electrons. The summed E-state index contributed by atoms with van der Waals surface area (Å²) in [6.45, 7) is 5.29. The molecule has 0 spiro atoms.